The van der Waals surface area contributed by atoms with Crippen molar-refractivity contribution in [3.8, 4) is 5.75 Å². The highest BCUT2D eigenvalue weighted by molar-refractivity contribution is 5.85. The third-order valence-corrected chi connectivity index (χ3v) is 4.34. The molecule has 0 amide bonds. The molecule has 1 aromatic rings. The lowest BCUT2D eigenvalue weighted by atomic mass is 9.98. The summed E-state index contributed by atoms with van der Waals surface area (Å²) >= 11 is 0. The van der Waals surface area contributed by atoms with Gasteiger partial charge in [-0.2, -0.15) is 0 Å². The van der Waals surface area contributed by atoms with E-state index < -0.39 is 6.36 Å². The van der Waals surface area contributed by atoms with Gasteiger partial charge in [-0.3, -0.25) is 4.90 Å². The number of benzene rings is 1. The third kappa shape index (κ3) is 5.55. The second kappa shape index (κ2) is 7.73. The van der Waals surface area contributed by atoms with Crippen LogP contribution in [0.2, 0.25) is 0 Å². The lowest BCUT2D eigenvalue weighted by Crippen LogP contribution is -2.45. The summed E-state index contributed by atoms with van der Waals surface area (Å²) in [6.07, 6.45) is -0.983. The van der Waals surface area contributed by atoms with Crippen molar-refractivity contribution in [2.75, 3.05) is 26.2 Å². The molecule has 1 aliphatic carbocycles. The van der Waals surface area contributed by atoms with Crippen molar-refractivity contribution < 1.29 is 17.9 Å². The average molecular weight is 351 g/mol. The van der Waals surface area contributed by atoms with Crippen LogP contribution in [-0.2, 0) is 0 Å². The van der Waals surface area contributed by atoms with Crippen molar-refractivity contribution in [1.29, 1.82) is 0 Å². The number of ether oxygens (including phenoxy) is 1. The fourth-order valence-electron chi connectivity index (χ4n) is 3.05. The van der Waals surface area contributed by atoms with Crippen LogP contribution in [0.1, 0.15) is 30.9 Å². The van der Waals surface area contributed by atoms with E-state index in [0.29, 0.717) is 6.04 Å². The smallest absolute Gasteiger partial charge is 0.406 e. The van der Waals surface area contributed by atoms with Crippen LogP contribution in [-0.4, -0.2) is 37.4 Å². The molecule has 0 unspecified atom stereocenters. The maximum atomic E-state index is 12.2. The SMILES string of the molecule is Cl.FC(F)(F)Oc1ccc([C@H](CC2CC2)N2CCNCC2)cc1. The van der Waals surface area contributed by atoms with Gasteiger partial charge in [0.25, 0.3) is 0 Å². The summed E-state index contributed by atoms with van der Waals surface area (Å²) in [7, 11) is 0. The van der Waals surface area contributed by atoms with Gasteiger partial charge < -0.3 is 10.1 Å². The van der Waals surface area contributed by atoms with Crippen LogP contribution >= 0.6 is 12.4 Å². The molecule has 0 aromatic heterocycles. The molecule has 1 aromatic carbocycles. The van der Waals surface area contributed by atoms with Gasteiger partial charge in [-0.25, -0.2) is 0 Å². The van der Waals surface area contributed by atoms with Crippen molar-refractivity contribution in [2.45, 2.75) is 31.7 Å². The van der Waals surface area contributed by atoms with Crippen molar-refractivity contribution in [2.24, 2.45) is 5.92 Å². The third-order valence-electron chi connectivity index (χ3n) is 4.34. The van der Waals surface area contributed by atoms with Gasteiger partial charge in [-0.15, -0.1) is 25.6 Å². The van der Waals surface area contributed by atoms with Gasteiger partial charge in [0.2, 0.25) is 0 Å². The van der Waals surface area contributed by atoms with Gasteiger partial charge in [0, 0.05) is 32.2 Å². The summed E-state index contributed by atoms with van der Waals surface area (Å²) < 4.78 is 40.7. The molecule has 2 fully saturated rings. The largest absolute Gasteiger partial charge is 0.573 e. The van der Waals surface area contributed by atoms with E-state index in [9.17, 15) is 13.2 Å². The molecule has 7 heteroatoms. The molecule has 3 nitrogen and oxygen atoms in total. The minimum Gasteiger partial charge on any atom is -0.406 e. The molecule has 0 spiro atoms. The van der Waals surface area contributed by atoms with E-state index >= 15 is 0 Å². The van der Waals surface area contributed by atoms with Gasteiger partial charge in [0.05, 0.1) is 0 Å². The molecular formula is C16H22ClF3N2O. The first-order valence-electron chi connectivity index (χ1n) is 7.82. The van der Waals surface area contributed by atoms with E-state index in [1.807, 2.05) is 0 Å². The molecule has 1 N–H and O–H groups in total. The van der Waals surface area contributed by atoms with Gasteiger partial charge in [0.1, 0.15) is 5.75 Å². The second-order valence-electron chi connectivity index (χ2n) is 6.10. The normalized spacial score (nSPS) is 20.7. The fraction of sp³-hybridized carbons (Fsp3) is 0.625. The van der Waals surface area contributed by atoms with Crippen LogP contribution in [0.3, 0.4) is 0 Å². The molecule has 1 saturated heterocycles. The Morgan fingerprint density at radius 3 is 2.26 bits per heavy atom. The minimum absolute atomic E-state index is 0. The van der Waals surface area contributed by atoms with E-state index in [-0.39, 0.29) is 18.2 Å². The van der Waals surface area contributed by atoms with Crippen LogP contribution < -0.4 is 10.1 Å². The number of nitrogens with one attached hydrogen (secondary N) is 1. The molecule has 0 radical (unpaired) electrons. The summed E-state index contributed by atoms with van der Waals surface area (Å²) in [5.41, 5.74) is 1.09. The molecule has 130 valence electrons. The van der Waals surface area contributed by atoms with Crippen LogP contribution in [0.15, 0.2) is 24.3 Å². The minimum atomic E-state index is -4.63. The summed E-state index contributed by atoms with van der Waals surface area (Å²) in [4.78, 5) is 2.44. The van der Waals surface area contributed by atoms with Crippen LogP contribution in [0.25, 0.3) is 0 Å². The monoisotopic (exact) mass is 350 g/mol. The molecule has 23 heavy (non-hydrogen) atoms. The molecule has 2 aliphatic rings. The number of rotatable bonds is 5. The first-order chi connectivity index (χ1) is 10.5. The fourth-order valence-corrected chi connectivity index (χ4v) is 3.05. The van der Waals surface area contributed by atoms with Gasteiger partial charge >= 0.3 is 6.36 Å². The van der Waals surface area contributed by atoms with E-state index in [4.69, 9.17) is 0 Å². The Kier molecular flexibility index (Phi) is 6.17. The topological polar surface area (TPSA) is 24.5 Å². The molecule has 1 atom stereocenters. The molecule has 3 rings (SSSR count). The van der Waals surface area contributed by atoms with E-state index in [0.717, 1.165) is 44.1 Å². The van der Waals surface area contributed by atoms with E-state index in [2.05, 4.69) is 15.0 Å². The zero-order valence-electron chi connectivity index (χ0n) is 12.8. The summed E-state index contributed by atoms with van der Waals surface area (Å²) in [6.45, 7) is 3.91. The van der Waals surface area contributed by atoms with Crippen molar-refractivity contribution in [1.82, 2.24) is 10.2 Å². The molecule has 0 bridgehead atoms. The number of halogens is 4. The lowest BCUT2D eigenvalue weighted by molar-refractivity contribution is -0.274. The summed E-state index contributed by atoms with van der Waals surface area (Å²) in [5, 5.41) is 3.34. The first kappa shape index (κ1) is 18.4. The Bertz CT molecular complexity index is 485. The number of nitrogens with zero attached hydrogens (tertiary/aromatic N) is 1. The number of hydrogen-bond acceptors (Lipinski definition) is 3. The number of piperazine rings is 1. The highest BCUT2D eigenvalue weighted by Crippen LogP contribution is 2.40. The van der Waals surface area contributed by atoms with Crippen molar-refractivity contribution >= 4 is 12.4 Å². The highest BCUT2D eigenvalue weighted by atomic mass is 35.5. The zero-order chi connectivity index (χ0) is 15.6. The quantitative estimate of drug-likeness (QED) is 0.875. The summed E-state index contributed by atoms with van der Waals surface area (Å²) in [5.74, 6) is 0.618. The number of alkyl halides is 3. The van der Waals surface area contributed by atoms with Gasteiger partial charge in [-0.05, 0) is 30.0 Å². The Morgan fingerprint density at radius 1 is 1.13 bits per heavy atom. The second-order valence-corrected chi connectivity index (χ2v) is 6.10. The van der Waals surface area contributed by atoms with Crippen LogP contribution in [0, 0.1) is 5.92 Å². The summed E-state index contributed by atoms with van der Waals surface area (Å²) in [6, 6.07) is 6.69. The van der Waals surface area contributed by atoms with Crippen molar-refractivity contribution in [3.63, 3.8) is 0 Å². The van der Waals surface area contributed by atoms with Crippen LogP contribution in [0.4, 0.5) is 13.2 Å². The Morgan fingerprint density at radius 2 is 1.74 bits per heavy atom. The van der Waals surface area contributed by atoms with Gasteiger partial charge in [-0.1, -0.05) is 25.0 Å². The van der Waals surface area contributed by atoms with Gasteiger partial charge in [0.15, 0.2) is 0 Å². The highest BCUT2D eigenvalue weighted by Gasteiger charge is 2.32. The lowest BCUT2D eigenvalue weighted by Gasteiger charge is -2.35. The Balaban J connectivity index is 0.00000192. The average Bonchev–Trinajstić information content (AvgIpc) is 3.29. The number of hydrogen-bond donors (Lipinski definition) is 1. The first-order valence-corrected chi connectivity index (χ1v) is 7.82. The molecular weight excluding hydrogens is 329 g/mol. The molecule has 1 heterocycles. The predicted octanol–water partition coefficient (Wildman–Crippen LogP) is 3.75. The molecule has 1 aliphatic heterocycles. The van der Waals surface area contributed by atoms with Crippen LogP contribution in [0.5, 0.6) is 5.75 Å². The Labute approximate surface area is 140 Å². The maximum Gasteiger partial charge on any atom is 0.573 e. The zero-order valence-corrected chi connectivity index (χ0v) is 13.6. The van der Waals surface area contributed by atoms with Crippen molar-refractivity contribution in [3.05, 3.63) is 29.8 Å². The molecule has 1 saturated carbocycles. The Hall–Kier alpha value is -0.980. The van der Waals surface area contributed by atoms with E-state index in [1.54, 1.807) is 12.1 Å². The maximum absolute atomic E-state index is 12.2. The standard InChI is InChI=1S/C16H21F3N2O.ClH/c17-16(18,19)22-14-5-3-13(4-6-14)15(11-12-1-2-12)21-9-7-20-8-10-21;/h3-6,12,15,20H,1-2,7-11H2;1H/t15-;/m0./s1. The van der Waals surface area contributed by atoms with E-state index in [1.165, 1.54) is 25.0 Å². The predicted molar refractivity (Wildman–Crippen MR) is 84.9 cm³/mol.